The van der Waals surface area contributed by atoms with Gasteiger partial charge in [-0.25, -0.2) is 0 Å². The van der Waals surface area contributed by atoms with Crippen LogP contribution in [0.1, 0.15) is 64.2 Å². The molecule has 1 unspecified atom stereocenters. The molecule has 0 radical (unpaired) electrons. The second-order valence-corrected chi connectivity index (χ2v) is 8.52. The minimum absolute atomic E-state index is 0.0198. The maximum atomic E-state index is 10.8. The van der Waals surface area contributed by atoms with Crippen LogP contribution in [0.4, 0.5) is 0 Å². The van der Waals surface area contributed by atoms with Gasteiger partial charge in [-0.3, -0.25) is 4.79 Å². The Hall–Kier alpha value is -1.17. The van der Waals surface area contributed by atoms with E-state index in [0.29, 0.717) is 18.8 Å². The van der Waals surface area contributed by atoms with Crippen LogP contribution in [-0.4, -0.2) is 46.2 Å². The number of rotatable bonds is 7. The number of carboxylic acid groups (broad SMARTS) is 1. The molecule has 5 nitrogen and oxygen atoms in total. The fraction of sp³-hybridized carbons (Fsp3) is 0.773. The lowest BCUT2D eigenvalue weighted by Crippen LogP contribution is -2.59. The molecule has 0 amide bonds. The largest absolute Gasteiger partial charge is 0.481 e. The highest BCUT2D eigenvalue weighted by Crippen LogP contribution is 2.57. The van der Waals surface area contributed by atoms with Crippen LogP contribution in [0, 0.1) is 17.8 Å². The SMILES string of the molecule is CO[C@@]12CC[C@H](O)[C@@H](C=CC(O)C3CCCCC3)[C@@H]1CC2=CCCC(=O)O. The molecule has 3 N–H and O–H groups in total. The number of allylic oxidation sites excluding steroid dienone is 1. The van der Waals surface area contributed by atoms with Crippen molar-refractivity contribution < 1.29 is 24.9 Å². The van der Waals surface area contributed by atoms with Crippen LogP contribution in [-0.2, 0) is 9.53 Å². The van der Waals surface area contributed by atoms with E-state index in [1.54, 1.807) is 7.11 Å². The zero-order valence-electron chi connectivity index (χ0n) is 16.3. The summed E-state index contributed by atoms with van der Waals surface area (Å²) in [5.74, 6) is -0.271. The molecule has 0 aromatic carbocycles. The normalized spacial score (nSPS) is 37.1. The summed E-state index contributed by atoms with van der Waals surface area (Å²) in [6, 6.07) is 0. The minimum Gasteiger partial charge on any atom is -0.481 e. The maximum Gasteiger partial charge on any atom is 0.303 e. The molecule has 5 heteroatoms. The first kappa shape index (κ1) is 20.6. The smallest absolute Gasteiger partial charge is 0.303 e. The molecular weight excluding hydrogens is 344 g/mol. The summed E-state index contributed by atoms with van der Waals surface area (Å²) in [5.41, 5.74) is 0.803. The Morgan fingerprint density at radius 2 is 2.04 bits per heavy atom. The summed E-state index contributed by atoms with van der Waals surface area (Å²) in [6.45, 7) is 0. The van der Waals surface area contributed by atoms with Gasteiger partial charge < -0.3 is 20.1 Å². The van der Waals surface area contributed by atoms with Crippen LogP contribution < -0.4 is 0 Å². The van der Waals surface area contributed by atoms with Crippen molar-refractivity contribution >= 4 is 5.97 Å². The van der Waals surface area contributed by atoms with Gasteiger partial charge in [0.15, 0.2) is 0 Å². The molecule has 3 rings (SSSR count). The number of hydrogen-bond acceptors (Lipinski definition) is 4. The van der Waals surface area contributed by atoms with E-state index in [9.17, 15) is 15.0 Å². The molecule has 0 aromatic rings. The van der Waals surface area contributed by atoms with Crippen molar-refractivity contribution in [3.63, 3.8) is 0 Å². The van der Waals surface area contributed by atoms with Crippen LogP contribution in [0.5, 0.6) is 0 Å². The van der Waals surface area contributed by atoms with Crippen molar-refractivity contribution in [1.29, 1.82) is 0 Å². The third kappa shape index (κ3) is 4.30. The number of aliphatic hydroxyl groups is 2. The number of ether oxygens (including phenoxy) is 1. The van der Waals surface area contributed by atoms with Gasteiger partial charge in [0.05, 0.1) is 17.8 Å². The lowest BCUT2D eigenvalue weighted by Gasteiger charge is -2.58. The van der Waals surface area contributed by atoms with Gasteiger partial charge in [0, 0.05) is 25.4 Å². The van der Waals surface area contributed by atoms with Crippen molar-refractivity contribution in [1.82, 2.24) is 0 Å². The predicted octanol–water partition coefficient (Wildman–Crippen LogP) is 3.45. The van der Waals surface area contributed by atoms with Crippen molar-refractivity contribution in [2.75, 3.05) is 7.11 Å². The van der Waals surface area contributed by atoms with Gasteiger partial charge in [-0.1, -0.05) is 37.5 Å². The molecule has 3 fully saturated rings. The fourth-order valence-corrected chi connectivity index (χ4v) is 5.45. The Bertz CT molecular complexity index is 577. The van der Waals surface area contributed by atoms with Gasteiger partial charge in [0.1, 0.15) is 0 Å². The highest BCUT2D eigenvalue weighted by atomic mass is 16.5. The molecule has 0 saturated heterocycles. The Kier molecular flexibility index (Phi) is 6.77. The van der Waals surface area contributed by atoms with Crippen molar-refractivity contribution in [3.05, 3.63) is 23.8 Å². The van der Waals surface area contributed by atoms with E-state index in [1.165, 1.54) is 24.8 Å². The lowest BCUT2D eigenvalue weighted by molar-refractivity contribution is -0.141. The molecule has 5 atom stereocenters. The van der Waals surface area contributed by atoms with Gasteiger partial charge in [-0.2, -0.15) is 0 Å². The molecule has 3 aliphatic rings. The minimum atomic E-state index is -0.786. The average Bonchev–Trinajstić information content (AvgIpc) is 2.66. The zero-order valence-corrected chi connectivity index (χ0v) is 16.3. The van der Waals surface area contributed by atoms with Crippen molar-refractivity contribution in [3.8, 4) is 0 Å². The van der Waals surface area contributed by atoms with E-state index in [2.05, 4.69) is 0 Å². The third-order valence-electron chi connectivity index (χ3n) is 7.08. The van der Waals surface area contributed by atoms with Gasteiger partial charge in [-0.15, -0.1) is 0 Å². The first-order chi connectivity index (χ1) is 13.0. The number of fused-ring (bicyclic) bond motifs is 1. The monoisotopic (exact) mass is 378 g/mol. The highest BCUT2D eigenvalue weighted by molar-refractivity contribution is 5.66. The summed E-state index contributed by atoms with van der Waals surface area (Å²) in [4.78, 5) is 10.8. The molecule has 0 aromatic heterocycles. The average molecular weight is 379 g/mol. The van der Waals surface area contributed by atoms with Crippen LogP contribution in [0.2, 0.25) is 0 Å². The van der Waals surface area contributed by atoms with Crippen molar-refractivity contribution in [2.24, 2.45) is 17.8 Å². The Morgan fingerprint density at radius 3 is 2.70 bits per heavy atom. The topological polar surface area (TPSA) is 87.0 Å². The standard InChI is InChI=1S/C22H34O5/c1-27-22-13-12-20(24)17(10-11-19(23)15-6-3-2-4-7-15)18(22)14-16(22)8-5-9-21(25)26/h8,10-11,15,17-20,23-24H,2-7,9,12-14H2,1H3,(H,25,26)/t17-,18-,19?,20-,22+/m0/s1. The van der Waals surface area contributed by atoms with E-state index in [-0.39, 0.29) is 23.9 Å². The summed E-state index contributed by atoms with van der Waals surface area (Å²) >= 11 is 0. The number of aliphatic carboxylic acids is 1. The molecule has 0 heterocycles. The zero-order chi connectivity index (χ0) is 19.4. The molecule has 27 heavy (non-hydrogen) atoms. The second kappa shape index (κ2) is 8.89. The summed E-state index contributed by atoms with van der Waals surface area (Å²) in [6.07, 6.45) is 13.8. The number of hydrogen-bond donors (Lipinski definition) is 3. The molecule has 152 valence electrons. The summed E-state index contributed by atoms with van der Waals surface area (Å²) in [5, 5.41) is 30.0. The quantitative estimate of drug-likeness (QED) is 0.591. The lowest BCUT2D eigenvalue weighted by atomic mass is 9.53. The first-order valence-corrected chi connectivity index (χ1v) is 10.5. The summed E-state index contributed by atoms with van der Waals surface area (Å²) in [7, 11) is 1.71. The molecule has 0 spiro atoms. The van der Waals surface area contributed by atoms with E-state index >= 15 is 0 Å². The van der Waals surface area contributed by atoms with Crippen molar-refractivity contribution in [2.45, 2.75) is 82.0 Å². The van der Waals surface area contributed by atoms with Crippen LogP contribution in [0.15, 0.2) is 23.8 Å². The van der Waals surface area contributed by atoms with Gasteiger partial charge in [0.2, 0.25) is 0 Å². The Balaban J connectivity index is 1.67. The molecular formula is C22H34O5. The Morgan fingerprint density at radius 1 is 1.30 bits per heavy atom. The number of methoxy groups -OCH3 is 1. The van der Waals surface area contributed by atoms with Gasteiger partial charge in [-0.05, 0) is 50.0 Å². The molecule has 0 bridgehead atoms. The fourth-order valence-electron chi connectivity index (χ4n) is 5.45. The molecule has 3 saturated carbocycles. The van der Waals surface area contributed by atoms with Gasteiger partial charge in [0.25, 0.3) is 0 Å². The van der Waals surface area contributed by atoms with E-state index in [0.717, 1.165) is 25.7 Å². The predicted molar refractivity (Wildman–Crippen MR) is 103 cm³/mol. The first-order valence-electron chi connectivity index (χ1n) is 10.5. The maximum absolute atomic E-state index is 10.8. The Labute approximate surface area is 162 Å². The van der Waals surface area contributed by atoms with Crippen LogP contribution in [0.3, 0.4) is 0 Å². The van der Waals surface area contributed by atoms with E-state index in [4.69, 9.17) is 9.84 Å². The van der Waals surface area contributed by atoms with Crippen LogP contribution >= 0.6 is 0 Å². The molecule has 3 aliphatic carbocycles. The number of carbonyl (C=O) groups is 1. The van der Waals surface area contributed by atoms with Gasteiger partial charge >= 0.3 is 5.97 Å². The summed E-state index contributed by atoms with van der Waals surface area (Å²) < 4.78 is 5.93. The number of carboxylic acids is 1. The van der Waals surface area contributed by atoms with E-state index < -0.39 is 18.2 Å². The number of aliphatic hydroxyl groups excluding tert-OH is 2. The van der Waals surface area contributed by atoms with E-state index in [1.807, 2.05) is 18.2 Å². The highest BCUT2D eigenvalue weighted by Gasteiger charge is 2.57. The second-order valence-electron chi connectivity index (χ2n) is 8.52. The third-order valence-corrected chi connectivity index (χ3v) is 7.08. The molecule has 0 aliphatic heterocycles. The van der Waals surface area contributed by atoms with Crippen LogP contribution in [0.25, 0.3) is 0 Å².